The highest BCUT2D eigenvalue weighted by atomic mass is 32.2. The predicted octanol–water partition coefficient (Wildman–Crippen LogP) is 2.55. The molecule has 0 radical (unpaired) electrons. The summed E-state index contributed by atoms with van der Waals surface area (Å²) in [6, 6.07) is 4.10. The van der Waals surface area contributed by atoms with Crippen molar-refractivity contribution in [2.75, 3.05) is 12.8 Å². The average Bonchev–Trinajstić information content (AvgIpc) is 2.95. The summed E-state index contributed by atoms with van der Waals surface area (Å²) in [5.74, 6) is -3.49. The van der Waals surface area contributed by atoms with Crippen LogP contribution in [0.3, 0.4) is 0 Å². The fourth-order valence-corrected chi connectivity index (χ4v) is 4.79. The molecule has 1 heterocycles. The lowest BCUT2D eigenvalue weighted by Crippen LogP contribution is -2.53. The maximum Gasteiger partial charge on any atom is 0.254 e. The van der Waals surface area contributed by atoms with Crippen LogP contribution < -0.4 is 4.72 Å². The quantitative estimate of drug-likeness (QED) is 0.612. The summed E-state index contributed by atoms with van der Waals surface area (Å²) in [5.41, 5.74) is -2.08. The van der Waals surface area contributed by atoms with Crippen LogP contribution in [-0.2, 0) is 21.2 Å². The van der Waals surface area contributed by atoms with Gasteiger partial charge in [-0.3, -0.25) is 4.79 Å². The number of nitrogens with one attached hydrogen (secondary N) is 1. The first kappa shape index (κ1) is 25.1. The van der Waals surface area contributed by atoms with Crippen molar-refractivity contribution >= 4 is 15.9 Å². The van der Waals surface area contributed by atoms with Gasteiger partial charge in [-0.05, 0) is 43.5 Å². The van der Waals surface area contributed by atoms with Gasteiger partial charge in [0, 0.05) is 11.6 Å². The molecule has 1 fully saturated rings. The largest absolute Gasteiger partial charge is 0.381 e. The molecule has 2 aromatic rings. The van der Waals surface area contributed by atoms with E-state index in [1.165, 1.54) is 32.0 Å². The Morgan fingerprint density at radius 2 is 1.79 bits per heavy atom. The number of sulfonamides is 1. The van der Waals surface area contributed by atoms with Gasteiger partial charge in [0.2, 0.25) is 10.0 Å². The van der Waals surface area contributed by atoms with Gasteiger partial charge >= 0.3 is 0 Å². The van der Waals surface area contributed by atoms with E-state index in [0.717, 1.165) is 23.3 Å². The van der Waals surface area contributed by atoms with Crippen molar-refractivity contribution in [2.24, 2.45) is 0 Å². The smallest absolute Gasteiger partial charge is 0.254 e. The van der Waals surface area contributed by atoms with E-state index < -0.39 is 63.8 Å². The highest BCUT2D eigenvalue weighted by Gasteiger charge is 2.48. The maximum atomic E-state index is 15.4. The van der Waals surface area contributed by atoms with Crippen LogP contribution >= 0.6 is 0 Å². The number of benzene rings is 2. The number of nitrogens with zero attached hydrogens (tertiary/aromatic N) is 1. The lowest BCUT2D eigenvalue weighted by Gasteiger charge is -2.32. The third-order valence-corrected chi connectivity index (χ3v) is 6.09. The molecule has 1 aliphatic rings. The van der Waals surface area contributed by atoms with Crippen LogP contribution in [0.4, 0.5) is 17.6 Å². The summed E-state index contributed by atoms with van der Waals surface area (Å²) in [7, 11) is -3.89. The standard InChI is InChI=1S/C22H24F4N2O4S/c1-22(2,30)21(29)28-11-17(25)20(27-33(3,31)32)18(28)9-12-5-4-6-16(19(12)26)13-7-14(23)10-15(24)8-13/h4-8,10,17-18,20,27,30H,9,11H2,1-3H3/t17-,18-,20-/m0/s1. The Kier molecular flexibility index (Phi) is 6.88. The van der Waals surface area contributed by atoms with E-state index in [1.54, 1.807) is 0 Å². The fourth-order valence-electron chi connectivity index (χ4n) is 3.99. The second-order valence-electron chi connectivity index (χ2n) is 8.66. The molecule has 1 saturated heterocycles. The minimum Gasteiger partial charge on any atom is -0.381 e. The number of hydrogen-bond acceptors (Lipinski definition) is 4. The van der Waals surface area contributed by atoms with Crippen molar-refractivity contribution in [1.82, 2.24) is 9.62 Å². The molecule has 11 heteroatoms. The summed E-state index contributed by atoms with van der Waals surface area (Å²) >= 11 is 0. The van der Waals surface area contributed by atoms with Crippen molar-refractivity contribution < 1.29 is 35.9 Å². The van der Waals surface area contributed by atoms with Crippen LogP contribution in [0.5, 0.6) is 0 Å². The first-order valence-corrected chi connectivity index (χ1v) is 11.9. The van der Waals surface area contributed by atoms with E-state index in [0.29, 0.717) is 6.07 Å². The number of likely N-dealkylation sites (tertiary alicyclic amines) is 1. The summed E-state index contributed by atoms with van der Waals surface area (Å²) in [5, 5.41) is 10.1. The zero-order valence-electron chi connectivity index (χ0n) is 18.1. The molecule has 1 amide bonds. The third kappa shape index (κ3) is 5.71. The predicted molar refractivity (Wildman–Crippen MR) is 114 cm³/mol. The number of hydrogen-bond donors (Lipinski definition) is 2. The molecule has 0 aliphatic carbocycles. The molecule has 3 atom stereocenters. The molecule has 2 aromatic carbocycles. The van der Waals surface area contributed by atoms with Gasteiger partial charge in [0.05, 0.1) is 24.9 Å². The number of carbonyl (C=O) groups excluding carboxylic acids is 1. The fraction of sp³-hybridized carbons (Fsp3) is 0.409. The van der Waals surface area contributed by atoms with E-state index in [2.05, 4.69) is 4.72 Å². The van der Waals surface area contributed by atoms with Gasteiger partial charge in [-0.1, -0.05) is 18.2 Å². The Balaban J connectivity index is 2.04. The summed E-state index contributed by atoms with van der Waals surface area (Å²) in [6.45, 7) is 1.91. The summed E-state index contributed by atoms with van der Waals surface area (Å²) in [6.07, 6.45) is -1.29. The molecular formula is C22H24F4N2O4S. The minimum atomic E-state index is -3.89. The van der Waals surface area contributed by atoms with Crippen LogP contribution in [0, 0.1) is 17.5 Å². The summed E-state index contributed by atoms with van der Waals surface area (Å²) < 4.78 is 83.2. The topological polar surface area (TPSA) is 86.7 Å². The van der Waals surface area contributed by atoms with Crippen LogP contribution in [-0.4, -0.2) is 61.0 Å². The molecule has 0 spiro atoms. The Labute approximate surface area is 189 Å². The first-order chi connectivity index (χ1) is 15.2. The van der Waals surface area contributed by atoms with Crippen LogP contribution in [0.15, 0.2) is 36.4 Å². The van der Waals surface area contributed by atoms with Gasteiger partial charge in [0.15, 0.2) is 0 Å². The number of rotatable bonds is 6. The molecule has 2 N–H and O–H groups in total. The van der Waals surface area contributed by atoms with E-state index >= 15 is 4.39 Å². The molecular weight excluding hydrogens is 464 g/mol. The number of alkyl halides is 1. The Morgan fingerprint density at radius 3 is 2.33 bits per heavy atom. The second-order valence-corrected chi connectivity index (χ2v) is 10.4. The van der Waals surface area contributed by atoms with Gasteiger partial charge < -0.3 is 10.0 Å². The van der Waals surface area contributed by atoms with Crippen LogP contribution in [0.2, 0.25) is 0 Å². The molecule has 6 nitrogen and oxygen atoms in total. The Hall–Kier alpha value is -2.50. The van der Waals surface area contributed by atoms with Gasteiger partial charge in [-0.25, -0.2) is 30.7 Å². The van der Waals surface area contributed by atoms with E-state index in [4.69, 9.17) is 0 Å². The normalized spacial score (nSPS) is 21.5. The molecule has 0 unspecified atom stereocenters. The minimum absolute atomic E-state index is 0.0230. The zero-order valence-corrected chi connectivity index (χ0v) is 19.0. The highest BCUT2D eigenvalue weighted by Crippen LogP contribution is 2.31. The van der Waals surface area contributed by atoms with Crippen molar-refractivity contribution in [2.45, 2.75) is 44.1 Å². The first-order valence-electron chi connectivity index (χ1n) is 10.1. The van der Waals surface area contributed by atoms with Crippen molar-refractivity contribution in [1.29, 1.82) is 0 Å². The highest BCUT2D eigenvalue weighted by molar-refractivity contribution is 7.88. The number of carbonyl (C=O) groups is 1. The number of aliphatic hydroxyl groups is 1. The second kappa shape index (κ2) is 9.03. The molecule has 0 aromatic heterocycles. The zero-order chi connectivity index (χ0) is 24.7. The average molecular weight is 489 g/mol. The van der Waals surface area contributed by atoms with Crippen LogP contribution in [0.25, 0.3) is 11.1 Å². The molecule has 33 heavy (non-hydrogen) atoms. The summed E-state index contributed by atoms with van der Waals surface area (Å²) in [4.78, 5) is 13.7. The van der Waals surface area contributed by atoms with E-state index in [9.17, 15) is 31.5 Å². The van der Waals surface area contributed by atoms with E-state index in [-0.39, 0.29) is 23.1 Å². The monoisotopic (exact) mass is 488 g/mol. The molecule has 3 rings (SSSR count). The SMILES string of the molecule is CC(C)(O)C(=O)N1C[C@H](F)[C@H](NS(C)(=O)=O)[C@@H]1Cc1cccc(-c2cc(F)cc(F)c2)c1F. The lowest BCUT2D eigenvalue weighted by atomic mass is 9.95. The van der Waals surface area contributed by atoms with Crippen molar-refractivity contribution in [3.8, 4) is 11.1 Å². The van der Waals surface area contributed by atoms with E-state index in [1.807, 2.05) is 0 Å². The van der Waals surface area contributed by atoms with Gasteiger partial charge in [0.25, 0.3) is 5.91 Å². The molecule has 0 saturated carbocycles. The number of halogens is 4. The Morgan fingerprint density at radius 1 is 1.18 bits per heavy atom. The molecule has 1 aliphatic heterocycles. The molecule has 0 bridgehead atoms. The van der Waals surface area contributed by atoms with Crippen LogP contribution in [0.1, 0.15) is 19.4 Å². The van der Waals surface area contributed by atoms with Crippen molar-refractivity contribution in [3.63, 3.8) is 0 Å². The van der Waals surface area contributed by atoms with Crippen molar-refractivity contribution in [3.05, 3.63) is 59.4 Å². The maximum absolute atomic E-state index is 15.4. The van der Waals surface area contributed by atoms with Gasteiger partial charge in [0.1, 0.15) is 29.2 Å². The molecule has 180 valence electrons. The Bertz CT molecular complexity index is 1150. The third-order valence-electron chi connectivity index (χ3n) is 5.39. The number of amides is 1. The lowest BCUT2D eigenvalue weighted by molar-refractivity contribution is -0.149. The van der Waals surface area contributed by atoms with Gasteiger partial charge in [-0.15, -0.1) is 0 Å². The van der Waals surface area contributed by atoms with Gasteiger partial charge in [-0.2, -0.15) is 0 Å².